The molecule has 1 aromatic carbocycles. The van der Waals surface area contributed by atoms with E-state index in [2.05, 4.69) is 5.32 Å². The van der Waals surface area contributed by atoms with Crippen molar-refractivity contribution in [3.63, 3.8) is 0 Å². The van der Waals surface area contributed by atoms with E-state index in [1.165, 1.54) is 12.1 Å². The molecule has 1 N–H and O–H groups in total. The van der Waals surface area contributed by atoms with Crippen molar-refractivity contribution in [2.24, 2.45) is 0 Å². The summed E-state index contributed by atoms with van der Waals surface area (Å²) in [6.45, 7) is 9.18. The molecule has 0 amide bonds. The normalized spacial score (nSPS) is 16.5. The van der Waals surface area contributed by atoms with Crippen molar-refractivity contribution in [2.45, 2.75) is 51.9 Å². The molecule has 21 heavy (non-hydrogen) atoms. The van der Waals surface area contributed by atoms with E-state index >= 15 is 0 Å². The number of alkyl halides is 3. The molecule has 0 fully saturated rings. The number of halogens is 3. The number of nitrogens with one attached hydrogen (secondary N) is 1. The predicted octanol–water partition coefficient (Wildman–Crippen LogP) is 4.56. The zero-order valence-electron chi connectivity index (χ0n) is 13.1. The maximum Gasteiger partial charge on any atom is 0.416 e. The van der Waals surface area contributed by atoms with Gasteiger partial charge in [-0.15, -0.1) is 0 Å². The van der Waals surface area contributed by atoms with Crippen LogP contribution in [0.4, 0.5) is 13.2 Å². The number of ether oxygens (including phenoxy) is 1. The Hall–Kier alpha value is -1.07. The summed E-state index contributed by atoms with van der Waals surface area (Å²) in [5.41, 5.74) is -0.274. The minimum Gasteiger partial charge on any atom is -0.374 e. The van der Waals surface area contributed by atoms with Crippen molar-refractivity contribution in [3.8, 4) is 0 Å². The quantitative estimate of drug-likeness (QED) is 0.797. The molecule has 1 aromatic rings. The molecule has 0 heterocycles. The Labute approximate surface area is 124 Å². The average molecular weight is 303 g/mol. The monoisotopic (exact) mass is 303 g/mol. The van der Waals surface area contributed by atoms with Gasteiger partial charge in [-0.25, -0.2) is 0 Å². The molecular formula is C16H24F3NO. The Bertz CT molecular complexity index is 430. The highest BCUT2D eigenvalue weighted by Gasteiger charge is 2.35. The molecule has 0 radical (unpaired) electrons. The van der Waals surface area contributed by atoms with Crippen molar-refractivity contribution in [1.29, 1.82) is 0 Å². The van der Waals surface area contributed by atoms with Crippen LogP contribution in [0.1, 0.15) is 51.3 Å². The highest BCUT2D eigenvalue weighted by atomic mass is 19.4. The first-order valence-electron chi connectivity index (χ1n) is 7.33. The van der Waals surface area contributed by atoms with Gasteiger partial charge >= 0.3 is 6.18 Å². The SMILES string of the molecule is CCNC(c1ccc(C(F)(F)F)cc1)C(C)(CC)OCC. The van der Waals surface area contributed by atoms with Crippen molar-refractivity contribution >= 4 is 0 Å². The highest BCUT2D eigenvalue weighted by molar-refractivity contribution is 5.28. The summed E-state index contributed by atoms with van der Waals surface area (Å²) in [4.78, 5) is 0. The van der Waals surface area contributed by atoms with E-state index in [0.717, 1.165) is 24.1 Å². The summed E-state index contributed by atoms with van der Waals surface area (Å²) in [6.07, 6.45) is -3.54. The first kappa shape index (κ1) is 18.0. The lowest BCUT2D eigenvalue weighted by atomic mass is 9.87. The Balaban J connectivity index is 3.11. The Morgan fingerprint density at radius 3 is 2.05 bits per heavy atom. The van der Waals surface area contributed by atoms with Crippen LogP contribution in [0.2, 0.25) is 0 Å². The number of hydrogen-bond donors (Lipinski definition) is 1. The second-order valence-corrected chi connectivity index (χ2v) is 5.21. The first-order chi connectivity index (χ1) is 9.78. The van der Waals surface area contributed by atoms with Crippen LogP contribution in [0.5, 0.6) is 0 Å². The highest BCUT2D eigenvalue weighted by Crippen LogP contribution is 2.34. The summed E-state index contributed by atoms with van der Waals surface area (Å²) < 4.78 is 43.8. The van der Waals surface area contributed by atoms with E-state index < -0.39 is 17.3 Å². The third kappa shape index (κ3) is 4.45. The second kappa shape index (κ2) is 7.27. The summed E-state index contributed by atoms with van der Waals surface area (Å²) in [5.74, 6) is 0. The van der Waals surface area contributed by atoms with Gasteiger partial charge in [-0.2, -0.15) is 13.2 Å². The van der Waals surface area contributed by atoms with Gasteiger partial charge in [-0.05, 0) is 44.5 Å². The molecule has 0 aliphatic heterocycles. The van der Waals surface area contributed by atoms with Gasteiger partial charge in [0.25, 0.3) is 0 Å². The molecule has 0 aliphatic carbocycles. The molecule has 0 saturated heterocycles. The fourth-order valence-electron chi connectivity index (χ4n) is 2.47. The smallest absolute Gasteiger partial charge is 0.374 e. The largest absolute Gasteiger partial charge is 0.416 e. The van der Waals surface area contributed by atoms with E-state index in [0.29, 0.717) is 13.2 Å². The van der Waals surface area contributed by atoms with Gasteiger partial charge in [0.1, 0.15) is 0 Å². The maximum atomic E-state index is 12.6. The number of likely N-dealkylation sites (N-methyl/N-ethyl adjacent to an activating group) is 1. The van der Waals surface area contributed by atoms with Crippen molar-refractivity contribution in [1.82, 2.24) is 5.32 Å². The van der Waals surface area contributed by atoms with Gasteiger partial charge in [0.05, 0.1) is 17.2 Å². The molecule has 1 rings (SSSR count). The van der Waals surface area contributed by atoms with Gasteiger partial charge in [-0.1, -0.05) is 26.0 Å². The molecule has 0 aromatic heterocycles. The van der Waals surface area contributed by atoms with Crippen LogP contribution in [0.3, 0.4) is 0 Å². The minimum atomic E-state index is -4.31. The fraction of sp³-hybridized carbons (Fsp3) is 0.625. The third-order valence-electron chi connectivity index (χ3n) is 3.77. The van der Waals surface area contributed by atoms with Crippen molar-refractivity contribution < 1.29 is 17.9 Å². The topological polar surface area (TPSA) is 21.3 Å². The van der Waals surface area contributed by atoms with E-state index in [1.54, 1.807) is 0 Å². The Kier molecular flexibility index (Phi) is 6.23. The number of rotatable bonds is 7. The third-order valence-corrected chi connectivity index (χ3v) is 3.77. The van der Waals surface area contributed by atoms with Gasteiger partial charge in [0, 0.05) is 6.61 Å². The fourth-order valence-corrected chi connectivity index (χ4v) is 2.47. The predicted molar refractivity (Wildman–Crippen MR) is 78.2 cm³/mol. The second-order valence-electron chi connectivity index (χ2n) is 5.21. The van der Waals surface area contributed by atoms with Crippen LogP contribution in [0, 0.1) is 0 Å². The molecule has 0 bridgehead atoms. The molecular weight excluding hydrogens is 279 g/mol. The van der Waals surface area contributed by atoms with Crippen molar-refractivity contribution in [3.05, 3.63) is 35.4 Å². The minimum absolute atomic E-state index is 0.144. The molecule has 5 heteroatoms. The maximum absolute atomic E-state index is 12.6. The number of benzene rings is 1. The van der Waals surface area contributed by atoms with Gasteiger partial charge in [-0.3, -0.25) is 0 Å². The van der Waals surface area contributed by atoms with Gasteiger partial charge in [0.15, 0.2) is 0 Å². The lowest BCUT2D eigenvalue weighted by Gasteiger charge is -2.37. The molecule has 0 saturated carbocycles. The molecule has 2 unspecified atom stereocenters. The summed E-state index contributed by atoms with van der Waals surface area (Å²) >= 11 is 0. The van der Waals surface area contributed by atoms with E-state index in [4.69, 9.17) is 4.74 Å². The van der Waals surface area contributed by atoms with Crippen LogP contribution in [-0.2, 0) is 10.9 Å². The van der Waals surface area contributed by atoms with Gasteiger partial charge < -0.3 is 10.1 Å². The molecule has 0 aliphatic rings. The van der Waals surface area contributed by atoms with Gasteiger partial charge in [0.2, 0.25) is 0 Å². The van der Waals surface area contributed by atoms with Crippen molar-refractivity contribution in [2.75, 3.05) is 13.2 Å². The molecule has 2 nitrogen and oxygen atoms in total. The summed E-state index contributed by atoms with van der Waals surface area (Å²) in [6, 6.07) is 5.17. The van der Waals surface area contributed by atoms with Crippen LogP contribution >= 0.6 is 0 Å². The van der Waals surface area contributed by atoms with Crippen LogP contribution in [0.15, 0.2) is 24.3 Å². The first-order valence-corrected chi connectivity index (χ1v) is 7.33. The van der Waals surface area contributed by atoms with E-state index in [1.807, 2.05) is 27.7 Å². The summed E-state index contributed by atoms with van der Waals surface area (Å²) in [5, 5.41) is 3.33. The van der Waals surface area contributed by atoms with Crippen LogP contribution in [0.25, 0.3) is 0 Å². The summed E-state index contributed by atoms with van der Waals surface area (Å²) in [7, 11) is 0. The molecule has 2 atom stereocenters. The molecule has 120 valence electrons. The standard InChI is InChI=1S/C16H24F3NO/c1-5-15(4,21-7-3)14(20-6-2)12-8-10-13(11-9-12)16(17,18)19/h8-11,14,20H,5-7H2,1-4H3. The van der Waals surface area contributed by atoms with Crippen LogP contribution in [-0.4, -0.2) is 18.8 Å². The Morgan fingerprint density at radius 2 is 1.67 bits per heavy atom. The van der Waals surface area contributed by atoms with Crippen LogP contribution < -0.4 is 5.32 Å². The van der Waals surface area contributed by atoms with E-state index in [9.17, 15) is 13.2 Å². The lowest BCUT2D eigenvalue weighted by Crippen LogP contribution is -2.43. The zero-order valence-corrected chi connectivity index (χ0v) is 13.1. The Morgan fingerprint density at radius 1 is 1.10 bits per heavy atom. The average Bonchev–Trinajstić information content (AvgIpc) is 2.44. The molecule has 0 spiro atoms. The lowest BCUT2D eigenvalue weighted by molar-refractivity contribution is -0.137. The zero-order chi connectivity index (χ0) is 16.1. The van der Waals surface area contributed by atoms with E-state index in [-0.39, 0.29) is 6.04 Å². The number of hydrogen-bond acceptors (Lipinski definition) is 2.